The van der Waals surface area contributed by atoms with Crippen molar-refractivity contribution in [2.75, 3.05) is 7.05 Å². The highest BCUT2D eigenvalue weighted by Crippen LogP contribution is 2.30. The largest absolute Gasteiger partial charge is 0.209 e. The Hall–Kier alpha value is -1.63. The highest BCUT2D eigenvalue weighted by atomic mass is 15.0. The fourth-order valence-electron chi connectivity index (χ4n) is 2.20. The van der Waals surface area contributed by atoms with E-state index in [1.807, 2.05) is 0 Å². The molecule has 0 radical (unpaired) electrons. The van der Waals surface area contributed by atoms with Crippen LogP contribution >= 0.6 is 0 Å². The minimum Gasteiger partial charge on any atom is -0.205 e. The van der Waals surface area contributed by atoms with Gasteiger partial charge in [-0.1, -0.05) is 24.3 Å². The van der Waals surface area contributed by atoms with E-state index in [0.717, 1.165) is 6.42 Å². The van der Waals surface area contributed by atoms with Crippen LogP contribution in [-0.4, -0.2) is 17.8 Å². The van der Waals surface area contributed by atoms with Crippen LogP contribution in [0.25, 0.3) is 10.8 Å². The molecule has 0 spiro atoms. The highest BCUT2D eigenvalue weighted by Gasteiger charge is 2.19. The summed E-state index contributed by atoms with van der Waals surface area (Å²) in [7, 11) is 2.11. The van der Waals surface area contributed by atoms with E-state index >= 15 is 0 Å². The molecule has 0 saturated heterocycles. The zero-order chi connectivity index (χ0) is 9.54. The molecule has 2 aromatic carbocycles. The second kappa shape index (κ2) is 2.68. The maximum atomic E-state index is 2.23. The van der Waals surface area contributed by atoms with E-state index in [-0.39, 0.29) is 0 Å². The monoisotopic (exact) mass is 182 g/mol. The first kappa shape index (κ1) is 7.74. The van der Waals surface area contributed by atoms with Crippen LogP contribution in [0.5, 0.6) is 0 Å². The number of hydrogen-bond acceptors (Lipinski definition) is 0. The second-order valence-electron chi connectivity index (χ2n) is 3.78. The summed E-state index contributed by atoms with van der Waals surface area (Å²) >= 11 is 0. The minimum atomic E-state index is 1.06. The van der Waals surface area contributed by atoms with Gasteiger partial charge >= 0.3 is 0 Å². The lowest BCUT2D eigenvalue weighted by atomic mass is 10.0. The SMILES string of the molecule is C[N+]1=CCc2c1ccc1ccccc21. The van der Waals surface area contributed by atoms with E-state index in [1.165, 1.54) is 22.0 Å². The van der Waals surface area contributed by atoms with E-state index in [1.54, 1.807) is 0 Å². The van der Waals surface area contributed by atoms with E-state index in [9.17, 15) is 0 Å². The van der Waals surface area contributed by atoms with Crippen molar-refractivity contribution in [2.45, 2.75) is 6.42 Å². The maximum Gasteiger partial charge on any atom is 0.209 e. The van der Waals surface area contributed by atoms with Gasteiger partial charge in [-0.15, -0.1) is 0 Å². The van der Waals surface area contributed by atoms with Gasteiger partial charge in [-0.05, 0) is 16.8 Å². The smallest absolute Gasteiger partial charge is 0.205 e. The Bertz CT molecular complexity index is 538. The molecule has 0 unspecified atom stereocenters. The average Bonchev–Trinajstić information content (AvgIpc) is 2.61. The van der Waals surface area contributed by atoms with Crippen molar-refractivity contribution < 1.29 is 4.58 Å². The number of nitrogens with zero attached hydrogens (tertiary/aromatic N) is 1. The molecular weight excluding hydrogens is 170 g/mol. The molecule has 0 atom stereocenters. The van der Waals surface area contributed by atoms with Gasteiger partial charge in [0.15, 0.2) is 0 Å². The summed E-state index contributed by atoms with van der Waals surface area (Å²) in [4.78, 5) is 0. The first-order chi connectivity index (χ1) is 6.86. The van der Waals surface area contributed by atoms with Crippen molar-refractivity contribution in [3.05, 3.63) is 42.0 Å². The molecule has 0 saturated carbocycles. The quantitative estimate of drug-likeness (QED) is 0.551. The number of hydrogen-bond donors (Lipinski definition) is 0. The van der Waals surface area contributed by atoms with Crippen LogP contribution in [0.1, 0.15) is 5.56 Å². The van der Waals surface area contributed by atoms with Crippen LogP contribution < -0.4 is 0 Å². The Morgan fingerprint density at radius 3 is 2.86 bits per heavy atom. The van der Waals surface area contributed by atoms with Crippen molar-refractivity contribution in [3.8, 4) is 0 Å². The van der Waals surface area contributed by atoms with Crippen LogP contribution in [0.4, 0.5) is 5.69 Å². The summed E-state index contributed by atoms with van der Waals surface area (Å²) in [6.45, 7) is 0. The highest BCUT2D eigenvalue weighted by molar-refractivity contribution is 5.92. The predicted molar refractivity (Wildman–Crippen MR) is 59.6 cm³/mol. The molecule has 1 aliphatic rings. The molecule has 0 aromatic heterocycles. The molecule has 14 heavy (non-hydrogen) atoms. The van der Waals surface area contributed by atoms with E-state index in [2.05, 4.69) is 54.2 Å². The average molecular weight is 182 g/mol. The maximum absolute atomic E-state index is 2.23. The molecule has 68 valence electrons. The number of rotatable bonds is 0. The van der Waals surface area contributed by atoms with E-state index < -0.39 is 0 Å². The van der Waals surface area contributed by atoms with Crippen LogP contribution in [0.2, 0.25) is 0 Å². The fraction of sp³-hybridized carbons (Fsp3) is 0.154. The van der Waals surface area contributed by atoms with Gasteiger partial charge in [0.1, 0.15) is 13.3 Å². The van der Waals surface area contributed by atoms with Crippen LogP contribution in [-0.2, 0) is 6.42 Å². The summed E-state index contributed by atoms with van der Waals surface area (Å²) in [5, 5.41) is 2.74. The van der Waals surface area contributed by atoms with Crippen molar-refractivity contribution >= 4 is 22.7 Å². The third-order valence-electron chi connectivity index (χ3n) is 2.97. The van der Waals surface area contributed by atoms with Gasteiger partial charge in [-0.2, -0.15) is 0 Å². The minimum absolute atomic E-state index is 1.06. The fourth-order valence-corrected chi connectivity index (χ4v) is 2.20. The summed E-state index contributed by atoms with van der Waals surface area (Å²) in [6.07, 6.45) is 3.30. The van der Waals surface area contributed by atoms with E-state index in [0.29, 0.717) is 0 Å². The molecule has 1 heterocycles. The first-order valence-corrected chi connectivity index (χ1v) is 4.93. The molecule has 2 aromatic rings. The van der Waals surface area contributed by atoms with Crippen LogP contribution in [0.15, 0.2) is 36.4 Å². The molecule has 0 N–H and O–H groups in total. The third kappa shape index (κ3) is 0.925. The van der Waals surface area contributed by atoms with Gasteiger partial charge in [0.05, 0.1) is 6.42 Å². The van der Waals surface area contributed by atoms with Crippen molar-refractivity contribution in [3.63, 3.8) is 0 Å². The first-order valence-electron chi connectivity index (χ1n) is 4.93. The zero-order valence-electron chi connectivity index (χ0n) is 8.20. The zero-order valence-corrected chi connectivity index (χ0v) is 8.20. The Kier molecular flexibility index (Phi) is 1.48. The summed E-state index contributed by atoms with van der Waals surface area (Å²) in [5.41, 5.74) is 2.81. The third-order valence-corrected chi connectivity index (χ3v) is 2.97. The van der Waals surface area contributed by atoms with Gasteiger partial charge in [0.25, 0.3) is 0 Å². The van der Waals surface area contributed by atoms with Crippen molar-refractivity contribution in [2.24, 2.45) is 0 Å². The Balaban J connectivity index is 2.41. The lowest BCUT2D eigenvalue weighted by Gasteiger charge is -2.01. The molecule has 0 aliphatic carbocycles. The van der Waals surface area contributed by atoms with Crippen LogP contribution in [0.3, 0.4) is 0 Å². The molecule has 0 fully saturated rings. The molecule has 1 nitrogen and oxygen atoms in total. The number of benzene rings is 2. The molecule has 0 bridgehead atoms. The Morgan fingerprint density at radius 2 is 1.93 bits per heavy atom. The lowest BCUT2D eigenvalue weighted by molar-refractivity contribution is -0.396. The molecule has 0 amide bonds. The number of fused-ring (bicyclic) bond motifs is 3. The standard InChI is InChI=1S/C13H12N/c1-14-9-8-12-11-5-3-2-4-10(11)6-7-13(12)14/h2-7,9H,8H2,1H3/q+1. The molecular formula is C13H12N+. The topological polar surface area (TPSA) is 3.01 Å². The normalized spacial score (nSPS) is 14.2. The van der Waals surface area contributed by atoms with Gasteiger partial charge in [0, 0.05) is 11.6 Å². The predicted octanol–water partition coefficient (Wildman–Crippen LogP) is 2.74. The van der Waals surface area contributed by atoms with Gasteiger partial charge < -0.3 is 0 Å². The van der Waals surface area contributed by atoms with Crippen molar-refractivity contribution in [1.29, 1.82) is 0 Å². The molecule has 1 heteroatoms. The van der Waals surface area contributed by atoms with Gasteiger partial charge in [-0.25, -0.2) is 4.58 Å². The summed E-state index contributed by atoms with van der Waals surface area (Å²) in [6, 6.07) is 13.0. The van der Waals surface area contributed by atoms with Crippen molar-refractivity contribution in [1.82, 2.24) is 0 Å². The second-order valence-corrected chi connectivity index (χ2v) is 3.78. The molecule has 3 rings (SSSR count). The van der Waals surface area contributed by atoms with Gasteiger partial charge in [0.2, 0.25) is 5.69 Å². The Labute approximate surface area is 83.3 Å². The lowest BCUT2D eigenvalue weighted by Crippen LogP contribution is -1.91. The van der Waals surface area contributed by atoms with Crippen LogP contribution in [0, 0.1) is 0 Å². The summed E-state index contributed by atoms with van der Waals surface area (Å²) < 4.78 is 2.21. The molecule has 1 aliphatic heterocycles. The Morgan fingerprint density at radius 1 is 1.07 bits per heavy atom. The van der Waals surface area contributed by atoms with E-state index in [4.69, 9.17) is 0 Å². The summed E-state index contributed by atoms with van der Waals surface area (Å²) in [5.74, 6) is 0. The van der Waals surface area contributed by atoms with Gasteiger partial charge in [-0.3, -0.25) is 0 Å².